The lowest BCUT2D eigenvalue weighted by atomic mass is 10.1. The third-order valence-electron chi connectivity index (χ3n) is 2.36. The van der Waals surface area contributed by atoms with Crippen molar-refractivity contribution in [2.75, 3.05) is 6.61 Å². The third-order valence-corrected chi connectivity index (χ3v) is 2.36. The van der Waals surface area contributed by atoms with Crippen molar-refractivity contribution in [3.63, 3.8) is 0 Å². The Balaban J connectivity index is 2.62. The SMILES string of the molecule is CCOC(=O)c1cccc2c(C)ncnc12. The number of carbonyl (C=O) groups excluding carboxylic acids is 1. The molecule has 2 rings (SSSR count). The number of benzene rings is 1. The van der Waals surface area contributed by atoms with Gasteiger partial charge in [-0.05, 0) is 19.9 Å². The summed E-state index contributed by atoms with van der Waals surface area (Å²) in [6, 6.07) is 5.42. The zero-order valence-electron chi connectivity index (χ0n) is 9.23. The molecule has 0 atom stereocenters. The van der Waals surface area contributed by atoms with Crippen LogP contribution >= 0.6 is 0 Å². The second kappa shape index (κ2) is 4.26. The van der Waals surface area contributed by atoms with Crippen LogP contribution in [-0.4, -0.2) is 22.5 Å². The fourth-order valence-electron chi connectivity index (χ4n) is 1.59. The van der Waals surface area contributed by atoms with E-state index in [0.29, 0.717) is 17.7 Å². The van der Waals surface area contributed by atoms with Gasteiger partial charge in [-0.1, -0.05) is 12.1 Å². The molecule has 0 radical (unpaired) electrons. The van der Waals surface area contributed by atoms with E-state index in [1.165, 1.54) is 6.33 Å². The molecular formula is C12H12N2O2. The largest absolute Gasteiger partial charge is 0.462 e. The van der Waals surface area contributed by atoms with E-state index in [0.717, 1.165) is 11.1 Å². The van der Waals surface area contributed by atoms with Gasteiger partial charge < -0.3 is 4.74 Å². The predicted molar refractivity (Wildman–Crippen MR) is 60.2 cm³/mol. The lowest BCUT2D eigenvalue weighted by Crippen LogP contribution is -2.06. The maximum absolute atomic E-state index is 11.7. The average molecular weight is 216 g/mol. The van der Waals surface area contributed by atoms with Crippen LogP contribution in [0.5, 0.6) is 0 Å². The number of rotatable bonds is 2. The van der Waals surface area contributed by atoms with Gasteiger partial charge in [0.2, 0.25) is 0 Å². The van der Waals surface area contributed by atoms with Crippen molar-refractivity contribution < 1.29 is 9.53 Å². The normalized spacial score (nSPS) is 10.4. The average Bonchev–Trinajstić information content (AvgIpc) is 2.29. The molecule has 4 heteroatoms. The zero-order valence-corrected chi connectivity index (χ0v) is 9.23. The van der Waals surface area contributed by atoms with Gasteiger partial charge in [-0.15, -0.1) is 0 Å². The molecule has 0 aliphatic heterocycles. The molecule has 0 aliphatic rings. The molecule has 1 aromatic carbocycles. The van der Waals surface area contributed by atoms with Crippen LogP contribution in [0.25, 0.3) is 10.9 Å². The minimum Gasteiger partial charge on any atom is -0.462 e. The highest BCUT2D eigenvalue weighted by Crippen LogP contribution is 2.18. The van der Waals surface area contributed by atoms with E-state index in [2.05, 4.69) is 9.97 Å². The molecule has 0 saturated carbocycles. The molecule has 0 amide bonds. The summed E-state index contributed by atoms with van der Waals surface area (Å²) in [7, 11) is 0. The summed E-state index contributed by atoms with van der Waals surface area (Å²) in [4.78, 5) is 19.9. The first-order valence-electron chi connectivity index (χ1n) is 5.11. The van der Waals surface area contributed by atoms with Crippen LogP contribution in [0.3, 0.4) is 0 Å². The fourth-order valence-corrected chi connectivity index (χ4v) is 1.59. The minimum atomic E-state index is -0.341. The maximum atomic E-state index is 11.7. The highest BCUT2D eigenvalue weighted by Gasteiger charge is 2.12. The summed E-state index contributed by atoms with van der Waals surface area (Å²) >= 11 is 0. The third kappa shape index (κ3) is 1.74. The standard InChI is InChI=1S/C12H12N2O2/c1-3-16-12(15)10-6-4-5-9-8(2)13-7-14-11(9)10/h4-7H,3H2,1-2H3. The van der Waals surface area contributed by atoms with Gasteiger partial charge in [0.05, 0.1) is 17.7 Å². The van der Waals surface area contributed by atoms with Crippen molar-refractivity contribution in [2.45, 2.75) is 13.8 Å². The van der Waals surface area contributed by atoms with Crippen LogP contribution in [0.15, 0.2) is 24.5 Å². The summed E-state index contributed by atoms with van der Waals surface area (Å²) in [6.07, 6.45) is 1.46. The van der Waals surface area contributed by atoms with Gasteiger partial charge in [0.1, 0.15) is 6.33 Å². The second-order valence-corrected chi connectivity index (χ2v) is 3.38. The lowest BCUT2D eigenvalue weighted by molar-refractivity contribution is 0.0528. The maximum Gasteiger partial charge on any atom is 0.340 e. The van der Waals surface area contributed by atoms with Crippen LogP contribution in [0.2, 0.25) is 0 Å². The van der Waals surface area contributed by atoms with E-state index >= 15 is 0 Å². The van der Waals surface area contributed by atoms with Crippen LogP contribution in [0, 0.1) is 6.92 Å². The van der Waals surface area contributed by atoms with E-state index in [-0.39, 0.29) is 5.97 Å². The number of esters is 1. The Morgan fingerprint density at radius 3 is 2.94 bits per heavy atom. The molecule has 4 nitrogen and oxygen atoms in total. The second-order valence-electron chi connectivity index (χ2n) is 3.38. The molecule has 0 bridgehead atoms. The van der Waals surface area contributed by atoms with Crippen molar-refractivity contribution in [3.05, 3.63) is 35.8 Å². The topological polar surface area (TPSA) is 52.1 Å². The molecule has 1 aromatic heterocycles. The van der Waals surface area contributed by atoms with Crippen molar-refractivity contribution in [1.82, 2.24) is 9.97 Å². The Kier molecular flexibility index (Phi) is 2.81. The Morgan fingerprint density at radius 2 is 2.19 bits per heavy atom. The fraction of sp³-hybridized carbons (Fsp3) is 0.250. The first-order valence-corrected chi connectivity index (χ1v) is 5.11. The summed E-state index contributed by atoms with van der Waals surface area (Å²) in [5.74, 6) is -0.341. The number of aromatic nitrogens is 2. The van der Waals surface area contributed by atoms with Crippen LogP contribution in [0.4, 0.5) is 0 Å². The predicted octanol–water partition coefficient (Wildman–Crippen LogP) is 2.11. The minimum absolute atomic E-state index is 0.341. The van der Waals surface area contributed by atoms with Crippen LogP contribution < -0.4 is 0 Å². The number of para-hydroxylation sites is 1. The van der Waals surface area contributed by atoms with Gasteiger partial charge in [-0.25, -0.2) is 14.8 Å². The molecule has 0 unspecified atom stereocenters. The molecule has 0 spiro atoms. The smallest absolute Gasteiger partial charge is 0.340 e. The Labute approximate surface area is 93.3 Å². The van der Waals surface area contributed by atoms with Gasteiger partial charge in [0.15, 0.2) is 0 Å². The van der Waals surface area contributed by atoms with Gasteiger partial charge in [0, 0.05) is 11.1 Å². The highest BCUT2D eigenvalue weighted by atomic mass is 16.5. The number of ether oxygens (including phenoxy) is 1. The lowest BCUT2D eigenvalue weighted by Gasteiger charge is -2.05. The Bertz CT molecular complexity index is 538. The molecule has 0 aliphatic carbocycles. The quantitative estimate of drug-likeness (QED) is 0.721. The molecule has 0 saturated heterocycles. The van der Waals surface area contributed by atoms with E-state index in [1.54, 1.807) is 13.0 Å². The van der Waals surface area contributed by atoms with E-state index in [4.69, 9.17) is 4.74 Å². The van der Waals surface area contributed by atoms with Gasteiger partial charge in [-0.2, -0.15) is 0 Å². The highest BCUT2D eigenvalue weighted by molar-refractivity contribution is 6.03. The van der Waals surface area contributed by atoms with E-state index in [9.17, 15) is 4.79 Å². The van der Waals surface area contributed by atoms with Crippen molar-refractivity contribution in [2.24, 2.45) is 0 Å². The number of fused-ring (bicyclic) bond motifs is 1. The van der Waals surface area contributed by atoms with Gasteiger partial charge >= 0.3 is 5.97 Å². The van der Waals surface area contributed by atoms with Crippen molar-refractivity contribution >= 4 is 16.9 Å². The molecule has 16 heavy (non-hydrogen) atoms. The van der Waals surface area contributed by atoms with Crippen molar-refractivity contribution in [3.8, 4) is 0 Å². The summed E-state index contributed by atoms with van der Waals surface area (Å²) in [6.45, 7) is 4.03. The number of nitrogens with zero attached hydrogens (tertiary/aromatic N) is 2. The molecule has 82 valence electrons. The van der Waals surface area contributed by atoms with E-state index < -0.39 is 0 Å². The zero-order chi connectivity index (χ0) is 11.5. The number of aryl methyl sites for hydroxylation is 1. The molecular weight excluding hydrogens is 204 g/mol. The molecule has 2 aromatic rings. The van der Waals surface area contributed by atoms with Crippen LogP contribution in [0.1, 0.15) is 23.0 Å². The van der Waals surface area contributed by atoms with Crippen molar-refractivity contribution in [1.29, 1.82) is 0 Å². The van der Waals surface area contributed by atoms with E-state index in [1.807, 2.05) is 19.1 Å². The molecule has 0 fully saturated rings. The van der Waals surface area contributed by atoms with Gasteiger partial charge in [-0.3, -0.25) is 0 Å². The first kappa shape index (κ1) is 10.5. The number of hydrogen-bond acceptors (Lipinski definition) is 4. The molecule has 1 heterocycles. The summed E-state index contributed by atoms with van der Waals surface area (Å²) in [5, 5.41) is 0.882. The van der Waals surface area contributed by atoms with Crippen LogP contribution in [-0.2, 0) is 4.74 Å². The number of hydrogen-bond donors (Lipinski definition) is 0. The van der Waals surface area contributed by atoms with Gasteiger partial charge in [0.25, 0.3) is 0 Å². The Hall–Kier alpha value is -1.97. The summed E-state index contributed by atoms with van der Waals surface area (Å²) in [5.41, 5.74) is 1.99. The number of carbonyl (C=O) groups is 1. The monoisotopic (exact) mass is 216 g/mol. The molecule has 0 N–H and O–H groups in total. The Morgan fingerprint density at radius 1 is 1.38 bits per heavy atom. The first-order chi connectivity index (χ1) is 7.74. The summed E-state index contributed by atoms with van der Waals surface area (Å²) < 4.78 is 4.98.